The number of benzene rings is 1. The molecule has 1 fully saturated rings. The van der Waals surface area contributed by atoms with Crippen LogP contribution in [0.5, 0.6) is 5.75 Å². The predicted octanol–water partition coefficient (Wildman–Crippen LogP) is 3.12. The second-order valence-electron chi connectivity index (χ2n) is 5.46. The fourth-order valence-electron chi connectivity index (χ4n) is 2.21. The van der Waals surface area contributed by atoms with Gasteiger partial charge in [0.05, 0.1) is 13.7 Å². The maximum absolute atomic E-state index is 5.45. The third kappa shape index (κ3) is 3.47. The Morgan fingerprint density at radius 2 is 2.11 bits per heavy atom. The van der Waals surface area contributed by atoms with Crippen LogP contribution < -0.4 is 10.2 Å². The first-order chi connectivity index (χ1) is 8.69. The third-order valence-electron chi connectivity index (χ3n) is 3.37. The van der Waals surface area contributed by atoms with Crippen molar-refractivity contribution in [3.05, 3.63) is 29.8 Å². The van der Waals surface area contributed by atoms with E-state index in [0.29, 0.717) is 17.9 Å². The summed E-state index contributed by atoms with van der Waals surface area (Å²) in [5, 5.41) is 0. The van der Waals surface area contributed by atoms with Crippen LogP contribution in [0.3, 0.4) is 0 Å². The Morgan fingerprint density at radius 1 is 1.33 bits per heavy atom. The van der Waals surface area contributed by atoms with Gasteiger partial charge >= 0.3 is 0 Å². The highest BCUT2D eigenvalue weighted by Gasteiger charge is 2.30. The Hall–Kier alpha value is -1.06. The summed E-state index contributed by atoms with van der Waals surface area (Å²) in [5.74, 6) is 2.16. The summed E-state index contributed by atoms with van der Waals surface area (Å²) in [4.78, 5) is 5.45. The molecule has 0 aromatic heterocycles. The van der Waals surface area contributed by atoms with Crippen LogP contribution in [0.15, 0.2) is 24.3 Å². The highest BCUT2D eigenvalue weighted by molar-refractivity contribution is 5.32. The second kappa shape index (κ2) is 6.21. The predicted molar refractivity (Wildman–Crippen MR) is 72.7 cm³/mol. The number of methoxy groups -OCH3 is 1. The van der Waals surface area contributed by atoms with Gasteiger partial charge in [0.2, 0.25) is 0 Å². The van der Waals surface area contributed by atoms with Gasteiger partial charge in [0, 0.05) is 6.04 Å². The van der Waals surface area contributed by atoms with Gasteiger partial charge in [0.25, 0.3) is 0 Å². The topological polar surface area (TPSA) is 30.5 Å². The summed E-state index contributed by atoms with van der Waals surface area (Å²) >= 11 is 0. The second-order valence-corrected chi connectivity index (χ2v) is 5.46. The average Bonchev–Trinajstić information content (AvgIpc) is 2.31. The summed E-state index contributed by atoms with van der Waals surface area (Å²) in [6.45, 7) is 5.09. The van der Waals surface area contributed by atoms with E-state index in [4.69, 9.17) is 9.57 Å². The fourth-order valence-corrected chi connectivity index (χ4v) is 2.21. The van der Waals surface area contributed by atoms with Gasteiger partial charge in [-0.05, 0) is 42.4 Å². The van der Waals surface area contributed by atoms with E-state index in [-0.39, 0.29) is 0 Å². The third-order valence-corrected chi connectivity index (χ3v) is 3.37. The van der Waals surface area contributed by atoms with Crippen LogP contribution in [0.1, 0.15) is 38.2 Å². The molecule has 0 radical (unpaired) electrons. The van der Waals surface area contributed by atoms with Crippen molar-refractivity contribution >= 4 is 0 Å². The molecular weight excluding hydrogens is 226 g/mol. The van der Waals surface area contributed by atoms with Crippen LogP contribution >= 0.6 is 0 Å². The van der Waals surface area contributed by atoms with Gasteiger partial charge in [-0.1, -0.05) is 26.0 Å². The standard InChI is InChI=1S/C15H23NO2/c1-11(2)10-18-16-14-7-13(8-14)12-5-4-6-15(9-12)17-3/h4-6,9,11,13-14,16H,7-8,10H2,1-3H3. The summed E-state index contributed by atoms with van der Waals surface area (Å²) < 4.78 is 5.25. The monoisotopic (exact) mass is 249 g/mol. The van der Waals surface area contributed by atoms with Crippen molar-refractivity contribution in [2.45, 2.75) is 38.6 Å². The van der Waals surface area contributed by atoms with E-state index < -0.39 is 0 Å². The van der Waals surface area contributed by atoms with E-state index in [2.05, 4.69) is 37.5 Å². The largest absolute Gasteiger partial charge is 0.497 e. The van der Waals surface area contributed by atoms with Crippen molar-refractivity contribution in [3.63, 3.8) is 0 Å². The van der Waals surface area contributed by atoms with E-state index in [9.17, 15) is 0 Å². The van der Waals surface area contributed by atoms with E-state index in [1.165, 1.54) is 5.56 Å². The molecule has 0 amide bonds. The number of ether oxygens (including phenoxy) is 1. The zero-order chi connectivity index (χ0) is 13.0. The first kappa shape index (κ1) is 13.4. The zero-order valence-electron chi connectivity index (χ0n) is 11.5. The molecule has 1 aromatic rings. The van der Waals surface area contributed by atoms with Gasteiger partial charge in [-0.3, -0.25) is 0 Å². The van der Waals surface area contributed by atoms with Crippen LogP contribution in [0.25, 0.3) is 0 Å². The van der Waals surface area contributed by atoms with Crippen molar-refractivity contribution in [3.8, 4) is 5.75 Å². The van der Waals surface area contributed by atoms with Crippen LogP contribution in [0, 0.1) is 5.92 Å². The van der Waals surface area contributed by atoms with Gasteiger partial charge in [-0.15, -0.1) is 0 Å². The molecule has 0 spiro atoms. The van der Waals surface area contributed by atoms with Crippen LogP contribution in [0.4, 0.5) is 0 Å². The minimum Gasteiger partial charge on any atom is -0.497 e. The van der Waals surface area contributed by atoms with Crippen LogP contribution in [-0.4, -0.2) is 19.8 Å². The minimum atomic E-state index is 0.500. The van der Waals surface area contributed by atoms with E-state index >= 15 is 0 Å². The first-order valence-corrected chi connectivity index (χ1v) is 6.70. The van der Waals surface area contributed by atoms with Gasteiger partial charge < -0.3 is 9.57 Å². The lowest BCUT2D eigenvalue weighted by molar-refractivity contribution is -0.0212. The minimum absolute atomic E-state index is 0.500. The van der Waals surface area contributed by atoms with E-state index in [0.717, 1.165) is 25.2 Å². The first-order valence-electron chi connectivity index (χ1n) is 6.70. The SMILES string of the molecule is COc1cccc(C2CC(NOCC(C)C)C2)c1. The zero-order valence-corrected chi connectivity index (χ0v) is 11.5. The molecule has 1 aromatic carbocycles. The van der Waals surface area contributed by atoms with Gasteiger partial charge in [-0.2, -0.15) is 5.48 Å². The molecule has 3 heteroatoms. The molecule has 1 saturated carbocycles. The highest BCUT2D eigenvalue weighted by Crippen LogP contribution is 2.37. The van der Waals surface area contributed by atoms with Crippen molar-refractivity contribution in [2.24, 2.45) is 5.92 Å². The summed E-state index contributed by atoms with van der Waals surface area (Å²) in [6.07, 6.45) is 2.29. The molecule has 100 valence electrons. The normalized spacial score (nSPS) is 22.9. The molecule has 1 N–H and O–H groups in total. The van der Waals surface area contributed by atoms with E-state index in [1.807, 2.05) is 6.07 Å². The molecular formula is C15H23NO2. The van der Waals surface area contributed by atoms with Gasteiger partial charge in [0.15, 0.2) is 0 Å². The molecule has 1 aliphatic carbocycles. The molecule has 0 unspecified atom stereocenters. The molecule has 3 nitrogen and oxygen atoms in total. The van der Waals surface area contributed by atoms with Crippen molar-refractivity contribution in [1.82, 2.24) is 5.48 Å². The average molecular weight is 249 g/mol. The molecule has 0 heterocycles. The fraction of sp³-hybridized carbons (Fsp3) is 0.600. The molecule has 2 rings (SSSR count). The molecule has 1 aliphatic rings. The summed E-state index contributed by atoms with van der Waals surface area (Å²) in [5.41, 5.74) is 4.52. The summed E-state index contributed by atoms with van der Waals surface area (Å²) in [6, 6.07) is 8.86. The maximum atomic E-state index is 5.45. The lowest BCUT2D eigenvalue weighted by atomic mass is 9.76. The number of rotatable bonds is 6. The Balaban J connectivity index is 1.74. The Bertz CT molecular complexity index is 373. The van der Waals surface area contributed by atoms with E-state index in [1.54, 1.807) is 7.11 Å². The number of nitrogens with one attached hydrogen (secondary N) is 1. The van der Waals surface area contributed by atoms with Crippen molar-refractivity contribution in [1.29, 1.82) is 0 Å². The van der Waals surface area contributed by atoms with Crippen molar-refractivity contribution in [2.75, 3.05) is 13.7 Å². The summed E-state index contributed by atoms with van der Waals surface area (Å²) in [7, 11) is 1.71. The Labute approximate surface area is 109 Å². The quantitative estimate of drug-likeness (QED) is 0.786. The highest BCUT2D eigenvalue weighted by atomic mass is 16.6. The van der Waals surface area contributed by atoms with Crippen LogP contribution in [0.2, 0.25) is 0 Å². The molecule has 0 bridgehead atoms. The van der Waals surface area contributed by atoms with Gasteiger partial charge in [-0.25, -0.2) is 0 Å². The number of hydrogen-bond acceptors (Lipinski definition) is 3. The lowest BCUT2D eigenvalue weighted by Gasteiger charge is -2.36. The molecule has 18 heavy (non-hydrogen) atoms. The maximum Gasteiger partial charge on any atom is 0.119 e. The Kier molecular flexibility index (Phi) is 4.61. The number of hydrogen-bond donors (Lipinski definition) is 1. The Morgan fingerprint density at radius 3 is 2.78 bits per heavy atom. The number of hydroxylamine groups is 1. The van der Waals surface area contributed by atoms with Crippen molar-refractivity contribution < 1.29 is 9.57 Å². The van der Waals surface area contributed by atoms with Gasteiger partial charge in [0.1, 0.15) is 5.75 Å². The molecule has 0 aliphatic heterocycles. The smallest absolute Gasteiger partial charge is 0.119 e. The van der Waals surface area contributed by atoms with Crippen LogP contribution in [-0.2, 0) is 4.84 Å². The lowest BCUT2D eigenvalue weighted by Crippen LogP contribution is -2.40. The molecule has 0 atom stereocenters. The molecule has 0 saturated heterocycles.